The summed E-state index contributed by atoms with van der Waals surface area (Å²) in [6.45, 7) is 1.83. The van der Waals surface area contributed by atoms with Gasteiger partial charge in [-0.05, 0) is 31.5 Å². The SMILES string of the molecule is O=C(N[C@@H]1CCCNC1)c1cccc(Cl)c1Cl. The Balaban J connectivity index is 2.06. The number of hydrogen-bond acceptors (Lipinski definition) is 2. The van der Waals surface area contributed by atoms with Crippen molar-refractivity contribution in [1.29, 1.82) is 0 Å². The van der Waals surface area contributed by atoms with Crippen molar-refractivity contribution in [2.24, 2.45) is 0 Å². The molecule has 0 aliphatic carbocycles. The quantitative estimate of drug-likeness (QED) is 0.869. The zero-order valence-corrected chi connectivity index (χ0v) is 10.8. The lowest BCUT2D eigenvalue weighted by Gasteiger charge is -2.24. The van der Waals surface area contributed by atoms with Gasteiger partial charge in [-0.25, -0.2) is 0 Å². The van der Waals surface area contributed by atoms with Gasteiger partial charge in [-0.1, -0.05) is 29.3 Å². The van der Waals surface area contributed by atoms with Gasteiger partial charge in [-0.2, -0.15) is 0 Å². The van der Waals surface area contributed by atoms with Crippen molar-refractivity contribution in [2.75, 3.05) is 13.1 Å². The number of rotatable bonds is 2. The van der Waals surface area contributed by atoms with E-state index in [1.807, 2.05) is 0 Å². The maximum absolute atomic E-state index is 12.0. The number of carbonyl (C=O) groups excluding carboxylic acids is 1. The highest BCUT2D eigenvalue weighted by atomic mass is 35.5. The van der Waals surface area contributed by atoms with Crippen LogP contribution in [-0.2, 0) is 0 Å². The van der Waals surface area contributed by atoms with Crippen LogP contribution < -0.4 is 10.6 Å². The van der Waals surface area contributed by atoms with Crippen molar-refractivity contribution in [3.8, 4) is 0 Å². The summed E-state index contributed by atoms with van der Waals surface area (Å²) in [6, 6.07) is 5.25. The van der Waals surface area contributed by atoms with Crippen LogP contribution in [0.1, 0.15) is 23.2 Å². The topological polar surface area (TPSA) is 41.1 Å². The summed E-state index contributed by atoms with van der Waals surface area (Å²) in [6.07, 6.45) is 2.07. The normalized spacial score (nSPS) is 20.0. The standard InChI is InChI=1S/C12H14Cl2N2O/c13-10-5-1-4-9(11(10)14)12(17)16-8-3-2-6-15-7-8/h1,4-5,8,15H,2-3,6-7H2,(H,16,17)/t8-/m1/s1. The van der Waals surface area contributed by atoms with Crippen molar-refractivity contribution in [3.05, 3.63) is 33.8 Å². The van der Waals surface area contributed by atoms with E-state index in [9.17, 15) is 4.79 Å². The molecular weight excluding hydrogens is 259 g/mol. The molecular formula is C12H14Cl2N2O. The average Bonchev–Trinajstić information content (AvgIpc) is 2.34. The van der Waals surface area contributed by atoms with Crippen molar-refractivity contribution >= 4 is 29.1 Å². The molecule has 0 unspecified atom stereocenters. The Kier molecular flexibility index (Phi) is 4.26. The van der Waals surface area contributed by atoms with Gasteiger partial charge in [0.2, 0.25) is 0 Å². The molecule has 1 fully saturated rings. The highest BCUT2D eigenvalue weighted by Crippen LogP contribution is 2.25. The number of hydrogen-bond donors (Lipinski definition) is 2. The third-order valence-corrected chi connectivity index (χ3v) is 3.65. The summed E-state index contributed by atoms with van der Waals surface area (Å²) in [5, 5.41) is 6.92. The monoisotopic (exact) mass is 272 g/mol. The predicted molar refractivity (Wildman–Crippen MR) is 69.8 cm³/mol. The smallest absolute Gasteiger partial charge is 0.253 e. The molecule has 2 rings (SSSR count). The summed E-state index contributed by atoms with van der Waals surface area (Å²) in [5.41, 5.74) is 0.435. The summed E-state index contributed by atoms with van der Waals surface area (Å²) < 4.78 is 0. The van der Waals surface area contributed by atoms with Gasteiger partial charge >= 0.3 is 0 Å². The van der Waals surface area contributed by atoms with Crippen molar-refractivity contribution < 1.29 is 4.79 Å². The van der Waals surface area contributed by atoms with E-state index in [4.69, 9.17) is 23.2 Å². The van der Waals surface area contributed by atoms with Crippen LogP contribution in [0.2, 0.25) is 10.0 Å². The van der Waals surface area contributed by atoms with E-state index in [1.54, 1.807) is 18.2 Å². The Morgan fingerprint density at radius 1 is 1.41 bits per heavy atom. The second kappa shape index (κ2) is 5.71. The minimum atomic E-state index is -0.161. The molecule has 0 aromatic heterocycles. The first kappa shape index (κ1) is 12.7. The van der Waals surface area contributed by atoms with Gasteiger partial charge in [-0.3, -0.25) is 4.79 Å². The number of halogens is 2. The van der Waals surface area contributed by atoms with Gasteiger partial charge in [0, 0.05) is 12.6 Å². The second-order valence-electron chi connectivity index (χ2n) is 4.12. The number of nitrogens with one attached hydrogen (secondary N) is 2. The summed E-state index contributed by atoms with van der Waals surface area (Å²) >= 11 is 11.9. The molecule has 0 saturated carbocycles. The number of carbonyl (C=O) groups is 1. The molecule has 1 aliphatic rings. The van der Waals surface area contributed by atoms with Crippen LogP contribution in [0.4, 0.5) is 0 Å². The Labute approximate surface area is 110 Å². The molecule has 0 bridgehead atoms. The average molecular weight is 273 g/mol. The highest BCUT2D eigenvalue weighted by Gasteiger charge is 2.18. The fourth-order valence-electron chi connectivity index (χ4n) is 1.92. The van der Waals surface area contributed by atoms with Crippen LogP contribution in [0.3, 0.4) is 0 Å². The third kappa shape index (κ3) is 3.12. The first-order chi connectivity index (χ1) is 8.18. The largest absolute Gasteiger partial charge is 0.348 e. The maximum Gasteiger partial charge on any atom is 0.253 e. The first-order valence-electron chi connectivity index (χ1n) is 5.64. The molecule has 5 heteroatoms. The summed E-state index contributed by atoms with van der Waals surface area (Å²) in [5.74, 6) is -0.161. The molecule has 2 N–H and O–H groups in total. The van der Waals surface area contributed by atoms with Gasteiger partial charge in [0.1, 0.15) is 0 Å². The van der Waals surface area contributed by atoms with Gasteiger partial charge < -0.3 is 10.6 Å². The first-order valence-corrected chi connectivity index (χ1v) is 6.39. The molecule has 1 saturated heterocycles. The van der Waals surface area contributed by atoms with Crippen LogP contribution in [0.15, 0.2) is 18.2 Å². The maximum atomic E-state index is 12.0. The fraction of sp³-hybridized carbons (Fsp3) is 0.417. The Morgan fingerprint density at radius 2 is 2.24 bits per heavy atom. The van der Waals surface area contributed by atoms with E-state index in [1.165, 1.54) is 0 Å². The van der Waals surface area contributed by atoms with E-state index in [0.29, 0.717) is 15.6 Å². The highest BCUT2D eigenvalue weighted by molar-refractivity contribution is 6.43. The molecule has 1 atom stereocenters. The number of piperidine rings is 1. The molecule has 1 aromatic carbocycles. The predicted octanol–water partition coefficient (Wildman–Crippen LogP) is 2.48. The molecule has 92 valence electrons. The lowest BCUT2D eigenvalue weighted by molar-refractivity contribution is 0.0931. The van der Waals surface area contributed by atoms with E-state index in [2.05, 4.69) is 10.6 Å². The lowest BCUT2D eigenvalue weighted by Crippen LogP contribution is -2.45. The van der Waals surface area contributed by atoms with Gasteiger partial charge in [0.15, 0.2) is 0 Å². The molecule has 0 spiro atoms. The van der Waals surface area contributed by atoms with Crippen LogP contribution in [0.25, 0.3) is 0 Å². The molecule has 1 heterocycles. The second-order valence-corrected chi connectivity index (χ2v) is 4.90. The Hall–Kier alpha value is -0.770. The molecule has 0 radical (unpaired) electrons. The number of benzene rings is 1. The fourth-order valence-corrected chi connectivity index (χ4v) is 2.30. The van der Waals surface area contributed by atoms with Crippen LogP contribution in [-0.4, -0.2) is 25.0 Å². The zero-order valence-electron chi connectivity index (χ0n) is 9.30. The Morgan fingerprint density at radius 3 is 2.94 bits per heavy atom. The minimum Gasteiger partial charge on any atom is -0.348 e. The Bertz CT molecular complexity index is 417. The third-order valence-electron chi connectivity index (χ3n) is 2.83. The summed E-state index contributed by atoms with van der Waals surface area (Å²) in [7, 11) is 0. The lowest BCUT2D eigenvalue weighted by atomic mass is 10.1. The van der Waals surface area contributed by atoms with E-state index < -0.39 is 0 Å². The van der Waals surface area contributed by atoms with Gasteiger partial charge in [-0.15, -0.1) is 0 Å². The molecule has 1 amide bonds. The van der Waals surface area contributed by atoms with Crippen LogP contribution in [0.5, 0.6) is 0 Å². The van der Waals surface area contributed by atoms with Crippen LogP contribution in [0, 0.1) is 0 Å². The van der Waals surface area contributed by atoms with E-state index >= 15 is 0 Å². The van der Waals surface area contributed by atoms with E-state index in [0.717, 1.165) is 25.9 Å². The van der Waals surface area contributed by atoms with Crippen molar-refractivity contribution in [1.82, 2.24) is 10.6 Å². The van der Waals surface area contributed by atoms with Gasteiger partial charge in [0.25, 0.3) is 5.91 Å². The molecule has 1 aromatic rings. The van der Waals surface area contributed by atoms with Crippen molar-refractivity contribution in [2.45, 2.75) is 18.9 Å². The van der Waals surface area contributed by atoms with Gasteiger partial charge in [0.05, 0.1) is 15.6 Å². The zero-order chi connectivity index (χ0) is 12.3. The molecule has 1 aliphatic heterocycles. The van der Waals surface area contributed by atoms with Crippen molar-refractivity contribution in [3.63, 3.8) is 0 Å². The van der Waals surface area contributed by atoms with Crippen LogP contribution >= 0.6 is 23.2 Å². The summed E-state index contributed by atoms with van der Waals surface area (Å²) in [4.78, 5) is 12.0. The molecule has 3 nitrogen and oxygen atoms in total. The number of amides is 1. The molecule has 17 heavy (non-hydrogen) atoms. The minimum absolute atomic E-state index is 0.161. The van der Waals surface area contributed by atoms with E-state index in [-0.39, 0.29) is 11.9 Å².